The number of likely N-dealkylation sites (N-methyl/N-ethyl adjacent to an activating group) is 2. The lowest BCUT2D eigenvalue weighted by Crippen LogP contribution is -2.41. The van der Waals surface area contributed by atoms with Crippen molar-refractivity contribution in [1.29, 1.82) is 0 Å². The molecule has 0 aromatic heterocycles. The van der Waals surface area contributed by atoms with E-state index in [1.54, 1.807) is 43.3 Å². The highest BCUT2D eigenvalue weighted by molar-refractivity contribution is 6.30. The number of rotatable bonds is 8. The van der Waals surface area contributed by atoms with Gasteiger partial charge in [0.05, 0.1) is 6.54 Å². The quantitative estimate of drug-likeness (QED) is 0.790. The van der Waals surface area contributed by atoms with Gasteiger partial charge in [-0.15, -0.1) is 0 Å². The molecule has 21 heavy (non-hydrogen) atoms. The van der Waals surface area contributed by atoms with Gasteiger partial charge in [-0.05, 0) is 30.8 Å². The van der Waals surface area contributed by atoms with Crippen molar-refractivity contribution >= 4 is 17.5 Å². The minimum Gasteiger partial charge on any atom is -0.491 e. The van der Waals surface area contributed by atoms with Crippen LogP contribution in [0.5, 0.6) is 5.75 Å². The van der Waals surface area contributed by atoms with Crippen LogP contribution in [0.25, 0.3) is 0 Å². The molecule has 1 aromatic carbocycles. The number of benzene rings is 1. The standard InChI is InChI=1S/C15H23ClN2O3/c1-4-18(10-15(20)17(2)3)9-13(19)11-21-14-7-5-12(16)6-8-14/h5-8,13,19H,4,9-11H2,1-3H3. The summed E-state index contributed by atoms with van der Waals surface area (Å²) < 4.78 is 5.49. The average Bonchev–Trinajstić information content (AvgIpc) is 2.45. The van der Waals surface area contributed by atoms with Crippen molar-refractivity contribution in [3.05, 3.63) is 29.3 Å². The molecule has 0 spiro atoms. The summed E-state index contributed by atoms with van der Waals surface area (Å²) in [6.45, 7) is 3.51. The molecule has 0 aliphatic rings. The first kappa shape index (κ1) is 17.8. The second kappa shape index (κ2) is 8.87. The van der Waals surface area contributed by atoms with Crippen LogP contribution in [0.1, 0.15) is 6.92 Å². The van der Waals surface area contributed by atoms with Crippen LogP contribution in [0.15, 0.2) is 24.3 Å². The molecule has 5 nitrogen and oxygen atoms in total. The van der Waals surface area contributed by atoms with Crippen molar-refractivity contribution in [1.82, 2.24) is 9.80 Å². The van der Waals surface area contributed by atoms with Crippen LogP contribution in [0, 0.1) is 0 Å². The van der Waals surface area contributed by atoms with Gasteiger partial charge in [-0.1, -0.05) is 18.5 Å². The van der Waals surface area contributed by atoms with E-state index >= 15 is 0 Å². The molecule has 6 heteroatoms. The zero-order valence-electron chi connectivity index (χ0n) is 12.8. The minimum atomic E-state index is -0.657. The number of hydrogen-bond donors (Lipinski definition) is 1. The fourth-order valence-corrected chi connectivity index (χ4v) is 1.84. The topological polar surface area (TPSA) is 53.0 Å². The Morgan fingerprint density at radius 1 is 1.33 bits per heavy atom. The second-order valence-corrected chi connectivity index (χ2v) is 5.47. The van der Waals surface area contributed by atoms with Crippen LogP contribution in [0.4, 0.5) is 0 Å². The number of nitrogens with zero attached hydrogens (tertiary/aromatic N) is 2. The third-order valence-corrected chi connectivity index (χ3v) is 3.28. The first-order valence-corrected chi connectivity index (χ1v) is 7.29. The van der Waals surface area contributed by atoms with Crippen molar-refractivity contribution in [3.8, 4) is 5.75 Å². The predicted octanol–water partition coefficient (Wildman–Crippen LogP) is 1.49. The summed E-state index contributed by atoms with van der Waals surface area (Å²) in [5, 5.41) is 10.6. The Labute approximate surface area is 131 Å². The van der Waals surface area contributed by atoms with Crippen molar-refractivity contribution in [2.45, 2.75) is 13.0 Å². The largest absolute Gasteiger partial charge is 0.491 e. The molecular weight excluding hydrogens is 292 g/mol. The Kier molecular flexibility index (Phi) is 7.50. The Bertz CT molecular complexity index is 437. The number of amides is 1. The fourth-order valence-electron chi connectivity index (χ4n) is 1.71. The van der Waals surface area contributed by atoms with Crippen molar-refractivity contribution in [2.75, 3.05) is 40.3 Å². The minimum absolute atomic E-state index is 0.0164. The summed E-state index contributed by atoms with van der Waals surface area (Å²) >= 11 is 5.79. The van der Waals surface area contributed by atoms with E-state index in [0.29, 0.717) is 30.4 Å². The zero-order valence-corrected chi connectivity index (χ0v) is 13.5. The number of aliphatic hydroxyl groups excluding tert-OH is 1. The number of carbonyl (C=O) groups excluding carboxylic acids is 1. The van der Waals surface area contributed by atoms with Gasteiger partial charge in [0, 0.05) is 25.7 Å². The number of halogens is 1. The first-order valence-electron chi connectivity index (χ1n) is 6.91. The van der Waals surface area contributed by atoms with Crippen LogP contribution in [0.2, 0.25) is 5.02 Å². The Hall–Kier alpha value is -1.30. The molecule has 0 radical (unpaired) electrons. The lowest BCUT2D eigenvalue weighted by Gasteiger charge is -2.24. The van der Waals surface area contributed by atoms with Gasteiger partial charge in [0.15, 0.2) is 0 Å². The van der Waals surface area contributed by atoms with E-state index in [0.717, 1.165) is 0 Å². The van der Waals surface area contributed by atoms with Gasteiger partial charge in [0.2, 0.25) is 5.91 Å². The van der Waals surface area contributed by atoms with Crippen LogP contribution >= 0.6 is 11.6 Å². The zero-order chi connectivity index (χ0) is 15.8. The number of hydrogen-bond acceptors (Lipinski definition) is 4. The molecule has 0 aliphatic carbocycles. The molecule has 1 unspecified atom stereocenters. The SMILES string of the molecule is CCN(CC(=O)N(C)C)CC(O)COc1ccc(Cl)cc1. The van der Waals surface area contributed by atoms with Gasteiger partial charge in [-0.3, -0.25) is 9.69 Å². The van der Waals surface area contributed by atoms with Crippen molar-refractivity contribution in [3.63, 3.8) is 0 Å². The molecule has 1 atom stereocenters. The second-order valence-electron chi connectivity index (χ2n) is 5.03. The van der Waals surface area contributed by atoms with E-state index in [2.05, 4.69) is 0 Å². The molecular formula is C15H23ClN2O3. The molecule has 0 saturated carbocycles. The molecule has 1 rings (SSSR count). The van der Waals surface area contributed by atoms with E-state index < -0.39 is 6.10 Å². The Balaban J connectivity index is 2.38. The average molecular weight is 315 g/mol. The first-order chi connectivity index (χ1) is 9.92. The molecule has 118 valence electrons. The highest BCUT2D eigenvalue weighted by Crippen LogP contribution is 2.15. The van der Waals surface area contributed by atoms with Gasteiger partial charge in [0.1, 0.15) is 18.5 Å². The fraction of sp³-hybridized carbons (Fsp3) is 0.533. The number of ether oxygens (including phenoxy) is 1. The van der Waals surface area contributed by atoms with Crippen LogP contribution in [-0.4, -0.2) is 67.3 Å². The third-order valence-electron chi connectivity index (χ3n) is 3.03. The Morgan fingerprint density at radius 3 is 2.48 bits per heavy atom. The number of carbonyl (C=O) groups is 1. The summed E-state index contributed by atoms with van der Waals surface area (Å²) in [6.07, 6.45) is -0.657. The van der Waals surface area contributed by atoms with Crippen molar-refractivity contribution in [2.24, 2.45) is 0 Å². The summed E-state index contributed by atoms with van der Waals surface area (Å²) in [5.74, 6) is 0.675. The lowest BCUT2D eigenvalue weighted by molar-refractivity contribution is -0.130. The Morgan fingerprint density at radius 2 is 1.95 bits per heavy atom. The summed E-state index contributed by atoms with van der Waals surface area (Å²) in [5.41, 5.74) is 0. The lowest BCUT2D eigenvalue weighted by atomic mass is 10.3. The maximum Gasteiger partial charge on any atom is 0.236 e. The van der Waals surface area contributed by atoms with Crippen LogP contribution < -0.4 is 4.74 Å². The normalized spacial score (nSPS) is 12.3. The highest BCUT2D eigenvalue weighted by Gasteiger charge is 2.15. The number of aliphatic hydroxyl groups is 1. The molecule has 0 saturated heterocycles. The summed E-state index contributed by atoms with van der Waals surface area (Å²) in [6, 6.07) is 6.97. The van der Waals surface area contributed by atoms with Crippen LogP contribution in [-0.2, 0) is 4.79 Å². The monoisotopic (exact) mass is 314 g/mol. The molecule has 1 amide bonds. The van der Waals surface area contributed by atoms with Gasteiger partial charge in [-0.25, -0.2) is 0 Å². The van der Waals surface area contributed by atoms with Gasteiger partial charge in [-0.2, -0.15) is 0 Å². The predicted molar refractivity (Wildman–Crippen MR) is 83.8 cm³/mol. The van der Waals surface area contributed by atoms with E-state index in [9.17, 15) is 9.90 Å². The maximum absolute atomic E-state index is 11.7. The van der Waals surface area contributed by atoms with E-state index in [1.165, 1.54) is 0 Å². The molecule has 0 fully saturated rings. The summed E-state index contributed by atoms with van der Waals surface area (Å²) in [4.78, 5) is 15.1. The summed E-state index contributed by atoms with van der Waals surface area (Å²) in [7, 11) is 3.44. The molecule has 0 bridgehead atoms. The van der Waals surface area contributed by atoms with E-state index in [-0.39, 0.29) is 12.5 Å². The van der Waals surface area contributed by atoms with Gasteiger partial charge >= 0.3 is 0 Å². The van der Waals surface area contributed by atoms with E-state index in [4.69, 9.17) is 16.3 Å². The molecule has 0 heterocycles. The highest BCUT2D eigenvalue weighted by atomic mass is 35.5. The molecule has 1 N–H and O–H groups in total. The van der Waals surface area contributed by atoms with Gasteiger partial charge in [0.25, 0.3) is 0 Å². The van der Waals surface area contributed by atoms with E-state index in [1.807, 2.05) is 11.8 Å². The molecule has 1 aromatic rings. The smallest absolute Gasteiger partial charge is 0.236 e. The van der Waals surface area contributed by atoms with Crippen LogP contribution in [0.3, 0.4) is 0 Å². The van der Waals surface area contributed by atoms with Gasteiger partial charge < -0.3 is 14.7 Å². The third kappa shape index (κ3) is 6.80. The molecule has 0 aliphatic heterocycles. The maximum atomic E-state index is 11.7. The van der Waals surface area contributed by atoms with Crippen molar-refractivity contribution < 1.29 is 14.6 Å².